The van der Waals surface area contributed by atoms with Gasteiger partial charge < -0.3 is 138 Å². The lowest BCUT2D eigenvalue weighted by Crippen LogP contribution is -2.64. The maximum absolute atomic E-state index is 16.6. The van der Waals surface area contributed by atoms with Gasteiger partial charge in [0.05, 0.1) is 53.4 Å². The van der Waals surface area contributed by atoms with Crippen LogP contribution in [0.5, 0.6) is 51.7 Å². The Kier molecular flexibility index (Phi) is 29.8. The molecule has 8 amide bonds. The molecule has 0 unspecified atom stereocenters. The number of nitrogens with two attached hydrogens (primary N) is 2. The Morgan fingerprint density at radius 2 is 1.35 bits per heavy atom. The Morgan fingerprint density at radius 3 is 1.99 bits per heavy atom. The summed E-state index contributed by atoms with van der Waals surface area (Å²) in [6.45, 7) is 8.88. The van der Waals surface area contributed by atoms with Crippen LogP contribution in [0.15, 0.2) is 102 Å². The lowest BCUT2D eigenvalue weighted by atomic mass is 9.54. The number of aromatic hydroxyl groups is 3. The summed E-state index contributed by atoms with van der Waals surface area (Å²) in [5.41, 5.74) is 8.63. The molecule has 6 aromatic carbocycles. The van der Waals surface area contributed by atoms with Gasteiger partial charge in [0.1, 0.15) is 101 Å². The molecule has 6 aromatic rings. The monoisotopic (exact) mass is 1860 g/mol. The topological polar surface area (TPSA) is 590 Å². The van der Waals surface area contributed by atoms with Gasteiger partial charge >= 0.3 is 0 Å². The summed E-state index contributed by atoms with van der Waals surface area (Å²) >= 11 is 7.32. The number of aliphatic hydroxyl groups is 6. The molecule has 17 rings (SSSR count). The highest BCUT2D eigenvalue weighted by molar-refractivity contribution is 7.89. The summed E-state index contributed by atoms with van der Waals surface area (Å²) in [6, 6.07) is 5.52. The van der Waals surface area contributed by atoms with Gasteiger partial charge in [0.15, 0.2) is 23.9 Å². The first-order chi connectivity index (χ1) is 62.3. The highest BCUT2D eigenvalue weighted by atomic mass is 35.5. The number of fused-ring (bicyclic) bond motifs is 15. The van der Waals surface area contributed by atoms with E-state index in [-0.39, 0.29) is 93.5 Å². The van der Waals surface area contributed by atoms with Crippen LogP contribution in [0.1, 0.15) is 175 Å². The second-order valence-electron chi connectivity index (χ2n) is 36.0. The summed E-state index contributed by atoms with van der Waals surface area (Å²) in [4.78, 5) is 123. The molecule has 40 heteroatoms. The van der Waals surface area contributed by atoms with E-state index in [2.05, 4.69) is 59.5 Å². The number of aryl methyl sites for hydroxylation is 1. The van der Waals surface area contributed by atoms with Crippen molar-refractivity contribution in [3.05, 3.63) is 141 Å². The average Bonchev–Trinajstić information content (AvgIpc) is 0.745. The smallest absolute Gasteiger partial charge is 0.248 e. The molecule has 0 radical (unpaired) electrons. The number of benzene rings is 6. The van der Waals surface area contributed by atoms with Crippen molar-refractivity contribution in [1.29, 1.82) is 0 Å². The number of likely N-dealkylation sites (N-methyl/N-ethyl adjacent to an activating group) is 1. The lowest BCUT2D eigenvalue weighted by molar-refractivity contribution is -0.333. The highest BCUT2D eigenvalue weighted by Gasteiger charge is 2.54. The molecular weight excluding hydrogens is 1740 g/mol. The summed E-state index contributed by atoms with van der Waals surface area (Å²) in [5.74, 6) is -12.9. The molecule has 4 saturated carbocycles. The normalized spacial score (nSPS) is 29.7. The summed E-state index contributed by atoms with van der Waals surface area (Å²) in [5, 5.41) is 134. The number of phenolic OH excluding ortho intramolecular Hbond substituents is 3. The van der Waals surface area contributed by atoms with E-state index in [0.717, 1.165) is 93.8 Å². The number of amides is 8. The Morgan fingerprint density at radius 1 is 0.702 bits per heavy atom. The second kappa shape index (κ2) is 40.5. The molecule has 0 aromatic heterocycles. The third-order valence-electron chi connectivity index (χ3n) is 25.9. The fourth-order valence-electron chi connectivity index (χ4n) is 19.2. The number of carbonyl (C=O) groups excluding carboxylic acids is 8. The Bertz CT molecular complexity index is 5380. The SMILES string of the molecule is CCCCCOc1ccc(S(=O)(=O)NCCNCc2c(O)cc3c(c2O)-c2cc(ccc2O)[C@H]2NC(=O)[C@@H]4NC(=O)[C@H](CC(N)=O)NC(=O)[C@H](NC(=O)[C@@H](CC(C)C)NC)[C@H](O)c5ccc(c(C)c5)Oc5cc4cc(c5O[C@@H]4O[C@H](CO)[C@@H](O)[C@H](O)[C@H]4O[C@H]4C[C@](C)(N)[C@H](O)[C@H](C)O4)Oc4ccc(cc4Cl)[C@@H](O)[C@H](NC2=O)C(=O)N[C@@H]3C(=O)NC2C3CC4CC(C3)CC2C4)cc1. The van der Waals surface area contributed by atoms with Crippen molar-refractivity contribution in [2.75, 3.05) is 33.4 Å². The van der Waals surface area contributed by atoms with Crippen molar-refractivity contribution < 1.29 is 126 Å². The molecule has 15 bridgehead atoms. The minimum Gasteiger partial charge on any atom is -0.507 e. The van der Waals surface area contributed by atoms with Crippen LogP contribution in [-0.2, 0) is 69.1 Å². The minimum atomic E-state index is -4.13. The predicted octanol–water partition coefficient (Wildman–Crippen LogP) is 3.25. The maximum atomic E-state index is 16.6. The molecule has 4 aliphatic carbocycles. The molecule has 23 N–H and O–H groups in total. The number of carbonyl (C=O) groups is 8. The third-order valence-corrected chi connectivity index (χ3v) is 27.7. The second-order valence-corrected chi connectivity index (χ2v) is 38.2. The van der Waals surface area contributed by atoms with Crippen LogP contribution in [0.4, 0.5) is 0 Å². The van der Waals surface area contributed by atoms with Gasteiger partial charge in [-0.05, 0) is 215 Å². The van der Waals surface area contributed by atoms with Crippen molar-refractivity contribution in [3.8, 4) is 62.9 Å². The van der Waals surface area contributed by atoms with Crippen molar-refractivity contribution >= 4 is 68.9 Å². The third kappa shape index (κ3) is 21.2. The number of primary amides is 1. The van der Waals surface area contributed by atoms with E-state index in [1.54, 1.807) is 0 Å². The molecule has 131 heavy (non-hydrogen) atoms. The number of halogens is 1. The van der Waals surface area contributed by atoms with E-state index in [0.29, 0.717) is 24.2 Å². The maximum Gasteiger partial charge on any atom is 0.248 e. The van der Waals surface area contributed by atoms with Gasteiger partial charge in [0.2, 0.25) is 69.3 Å². The number of aliphatic hydroxyl groups excluding tert-OH is 6. The average molecular weight is 1860 g/mol. The first kappa shape index (κ1) is 96.5. The van der Waals surface area contributed by atoms with Gasteiger partial charge in [-0.3, -0.25) is 38.4 Å². The van der Waals surface area contributed by atoms with Crippen LogP contribution < -0.4 is 83.0 Å². The van der Waals surface area contributed by atoms with Gasteiger partial charge in [0, 0.05) is 48.8 Å². The van der Waals surface area contributed by atoms with Crippen molar-refractivity contribution in [2.24, 2.45) is 41.1 Å². The molecule has 18 atom stereocenters. The fraction of sp³-hybridized carbons (Fsp3) is 0.516. The van der Waals surface area contributed by atoms with Gasteiger partial charge in [-0.15, -0.1) is 0 Å². The Hall–Kier alpha value is -10.6. The van der Waals surface area contributed by atoms with E-state index in [1.165, 1.54) is 82.4 Å². The zero-order valence-electron chi connectivity index (χ0n) is 73.2. The van der Waals surface area contributed by atoms with Crippen LogP contribution in [-0.4, -0.2) is 220 Å². The molecular formula is C91H115ClN12O26S. The van der Waals surface area contributed by atoms with Crippen molar-refractivity contribution in [3.63, 3.8) is 0 Å². The molecule has 2 saturated heterocycles. The number of nitrogens with one attached hydrogen (secondary N) is 10. The highest BCUT2D eigenvalue weighted by Crippen LogP contribution is 2.55. The van der Waals surface area contributed by atoms with Crippen LogP contribution in [0.2, 0.25) is 5.02 Å². The number of unbranched alkanes of at least 4 members (excludes halogenated alkanes) is 2. The van der Waals surface area contributed by atoms with Crippen LogP contribution in [0, 0.1) is 36.5 Å². The number of phenols is 3. The van der Waals surface area contributed by atoms with Crippen molar-refractivity contribution in [1.82, 2.24) is 52.6 Å². The van der Waals surface area contributed by atoms with Gasteiger partial charge in [-0.2, -0.15) is 0 Å². The molecule has 0 spiro atoms. The molecule has 7 heterocycles. The first-order valence-electron chi connectivity index (χ1n) is 44.1. The van der Waals surface area contributed by atoms with E-state index in [1.807, 2.05) is 13.8 Å². The number of hydrogen-bond acceptors (Lipinski definition) is 29. The zero-order valence-corrected chi connectivity index (χ0v) is 74.8. The molecule has 11 aliphatic rings. The van der Waals surface area contributed by atoms with E-state index >= 15 is 28.8 Å². The molecule has 6 fully saturated rings. The number of sulfonamides is 1. The minimum absolute atomic E-state index is 0.00285. The summed E-state index contributed by atoms with van der Waals surface area (Å²) in [7, 11) is -2.64. The number of hydrogen-bond donors (Lipinski definition) is 21. The number of ether oxygens (including phenoxy) is 7. The zero-order chi connectivity index (χ0) is 94.1. The van der Waals surface area contributed by atoms with E-state index in [4.69, 9.17) is 56.2 Å². The fourth-order valence-corrected chi connectivity index (χ4v) is 20.4. The van der Waals surface area contributed by atoms with Crippen LogP contribution in [0.3, 0.4) is 0 Å². The standard InChI is InChI=1S/C91H115ClN12O26S/c1-8-9-10-23-124-51-14-16-52(17-15-51)131(122,123)97-22-21-96-38-55-60(107)35-54-68(77(55)111)53-31-45(11-18-59(53)106)70-85(117)104-74(89(121)102-72(54)87(119)99-69-48-27-43-26-44(29-48)30-49(69)28-43)76(110)47-13-20-62(56(92)32-47)127-64-34-50-33-63(80(64)130-90-81(79(113)78(112)65(39-105)128-90)129-67-37-91(6,94)82(114)42(5)125-67)126-61-19-12-46(25-41(61)4)75(109)73(103-83(115)57(95-7)24-40(2)3)88(120)98-58(36-66(93)108)84(116)100-71(50)86(118)101-70/h11-20,25,31-35,40,42-44,48-49,57-58,65,67,69-76,78-79,81-82,90,95-97,105-107,109-114H,8-10,21-24,26-30,36-39,94H2,1-7H3,(H2,93,108)(H,98,120)(H,99,119)(H,100,116)(H,101,118)(H,102,121)(H,103,115)(H,104,117)/t42-,43?,44?,48?,49?,57+,58-,65+,67-,69?,70+,71+,72-,73+,74-,75+,76+,78+,79-,81+,82+,90-,91-/m0/s1. The molecule has 7 aliphatic heterocycles. The van der Waals surface area contributed by atoms with Crippen LogP contribution >= 0.6 is 11.6 Å². The Balaban J connectivity index is 0.933. The largest absolute Gasteiger partial charge is 0.507 e. The molecule has 38 nitrogen and oxygen atoms in total. The first-order valence-corrected chi connectivity index (χ1v) is 46.0. The lowest BCUT2D eigenvalue weighted by Gasteiger charge is -2.54. The van der Waals surface area contributed by atoms with E-state index < -0.39 is 248 Å². The van der Waals surface area contributed by atoms with E-state index in [9.17, 15) is 64.0 Å². The predicted molar refractivity (Wildman–Crippen MR) is 469 cm³/mol. The van der Waals surface area contributed by atoms with Crippen LogP contribution in [0.25, 0.3) is 11.1 Å². The number of rotatable bonds is 26. The quantitative estimate of drug-likeness (QED) is 0.0347. The summed E-state index contributed by atoms with van der Waals surface area (Å²) in [6.07, 6.45) is -11.5. The Labute approximate surface area is 760 Å². The van der Waals surface area contributed by atoms with Gasteiger partial charge in [0.25, 0.3) is 0 Å². The van der Waals surface area contributed by atoms with Crippen molar-refractivity contribution in [2.45, 2.75) is 239 Å². The molecule has 708 valence electrons. The summed E-state index contributed by atoms with van der Waals surface area (Å²) < 4.78 is 74.8. The van der Waals surface area contributed by atoms with Gasteiger partial charge in [-0.25, -0.2) is 13.1 Å². The van der Waals surface area contributed by atoms with Gasteiger partial charge in [-0.1, -0.05) is 63.4 Å².